The molecule has 0 atom stereocenters. The van der Waals surface area contributed by atoms with Crippen LogP contribution in [-0.4, -0.2) is 4.92 Å². The van der Waals surface area contributed by atoms with Crippen LogP contribution in [0, 0.1) is 10.1 Å². The fraction of sp³-hybridized carbons (Fsp3) is 0. The van der Waals surface area contributed by atoms with Gasteiger partial charge < -0.3 is 0 Å². The molecule has 0 unspecified atom stereocenters. The maximum atomic E-state index is 10.2. The summed E-state index contributed by atoms with van der Waals surface area (Å²) in [5.74, 6) is 0. The summed E-state index contributed by atoms with van der Waals surface area (Å²) in [6.07, 6.45) is 0. The molecule has 0 amide bonds. The Balaban J connectivity index is 2.91. The minimum atomic E-state index is -0.440. The minimum Gasteiger partial charge on any atom is -0.274 e. The molecule has 1 aromatic carbocycles. The van der Waals surface area contributed by atoms with Gasteiger partial charge in [0.15, 0.2) is 0 Å². The molecule has 11 heavy (non-hydrogen) atoms. The van der Waals surface area contributed by atoms with Crippen LogP contribution in [0.25, 0.3) is 0 Å². The van der Waals surface area contributed by atoms with Crippen LogP contribution in [0.3, 0.4) is 0 Å². The molecule has 0 heterocycles. The number of non-ortho nitro benzene ring substituents is 1. The second-order valence-corrected chi connectivity index (χ2v) is 2.58. The number of benzene rings is 1. The van der Waals surface area contributed by atoms with Gasteiger partial charge in [-0.2, -0.15) is 0 Å². The largest absolute Gasteiger partial charge is 0.274 e. The second-order valence-electron chi connectivity index (χ2n) is 1.87. The smallest absolute Gasteiger partial charge is 0.269 e. The average Bonchev–Trinajstić information content (AvgIpc) is 2.05. The first kappa shape index (κ1) is 8.03. The zero-order valence-corrected chi connectivity index (χ0v) is 6.38. The summed E-state index contributed by atoms with van der Waals surface area (Å²) in [7, 11) is 0. The summed E-state index contributed by atoms with van der Waals surface area (Å²) < 4.78 is 0. The summed E-state index contributed by atoms with van der Waals surface area (Å²) in [6.45, 7) is 0. The van der Waals surface area contributed by atoms with E-state index >= 15 is 0 Å². The van der Waals surface area contributed by atoms with E-state index in [0.717, 1.165) is 16.8 Å². The van der Waals surface area contributed by atoms with Crippen LogP contribution in [0.1, 0.15) is 0 Å². The first-order valence-electron chi connectivity index (χ1n) is 2.85. The second kappa shape index (κ2) is 3.36. The highest BCUT2D eigenvalue weighted by Crippen LogP contribution is 2.16. The molecule has 0 saturated heterocycles. The lowest BCUT2D eigenvalue weighted by Crippen LogP contribution is -1.87. The molecule has 0 saturated carbocycles. The third kappa shape index (κ3) is 1.92. The van der Waals surface area contributed by atoms with Crippen molar-refractivity contribution in [3.05, 3.63) is 34.4 Å². The quantitative estimate of drug-likeness (QED) is 0.415. The highest BCUT2D eigenvalue weighted by molar-refractivity contribution is 7.97. The van der Waals surface area contributed by atoms with Gasteiger partial charge in [0.05, 0.1) is 4.92 Å². The number of hydrogen-bond donors (Lipinski definition) is 1. The van der Waals surface area contributed by atoms with Gasteiger partial charge in [-0.25, -0.2) is 0 Å². The normalized spacial score (nSPS) is 9.55. The van der Waals surface area contributed by atoms with Crippen molar-refractivity contribution >= 4 is 17.6 Å². The molecule has 0 aliphatic heterocycles. The summed E-state index contributed by atoms with van der Waals surface area (Å²) in [5, 5.41) is 15.4. The molecular weight excluding hydrogens is 164 g/mol. The van der Waals surface area contributed by atoms with Crippen LogP contribution in [0.5, 0.6) is 0 Å². The van der Waals surface area contributed by atoms with E-state index < -0.39 is 4.92 Å². The van der Waals surface area contributed by atoms with Crippen molar-refractivity contribution in [3.63, 3.8) is 0 Å². The third-order valence-corrected chi connectivity index (χ3v) is 1.73. The van der Waals surface area contributed by atoms with E-state index in [1.165, 1.54) is 12.1 Å². The van der Waals surface area contributed by atoms with E-state index in [1.807, 2.05) is 0 Å². The molecular formula is C6H6N2O2S. The van der Waals surface area contributed by atoms with Gasteiger partial charge in [0.25, 0.3) is 5.69 Å². The first-order valence-corrected chi connectivity index (χ1v) is 3.73. The molecule has 0 aromatic heterocycles. The topological polar surface area (TPSA) is 69.2 Å². The summed E-state index contributed by atoms with van der Waals surface area (Å²) >= 11 is 1.07. The van der Waals surface area contributed by atoms with Gasteiger partial charge in [0, 0.05) is 17.0 Å². The maximum absolute atomic E-state index is 10.2. The maximum Gasteiger partial charge on any atom is 0.269 e. The van der Waals surface area contributed by atoms with Gasteiger partial charge in [-0.15, -0.1) is 0 Å². The number of nitrogens with zero attached hydrogens (tertiary/aromatic N) is 1. The van der Waals surface area contributed by atoms with Crippen LogP contribution in [0.4, 0.5) is 5.69 Å². The third-order valence-electron chi connectivity index (χ3n) is 1.18. The van der Waals surface area contributed by atoms with E-state index in [-0.39, 0.29) is 5.69 Å². The van der Waals surface area contributed by atoms with E-state index in [9.17, 15) is 10.1 Å². The Hall–Kier alpha value is -1.07. The Morgan fingerprint density at radius 2 is 1.91 bits per heavy atom. The Morgan fingerprint density at radius 3 is 2.27 bits per heavy atom. The van der Waals surface area contributed by atoms with Gasteiger partial charge in [0.1, 0.15) is 0 Å². The highest BCUT2D eigenvalue weighted by atomic mass is 32.2. The van der Waals surface area contributed by atoms with Crippen LogP contribution >= 0.6 is 11.9 Å². The van der Waals surface area contributed by atoms with Gasteiger partial charge in [-0.05, 0) is 24.1 Å². The average molecular weight is 170 g/mol. The summed E-state index contributed by atoms with van der Waals surface area (Å²) in [4.78, 5) is 10.5. The number of nitro groups is 1. The molecule has 5 heteroatoms. The molecule has 58 valence electrons. The van der Waals surface area contributed by atoms with Crippen molar-refractivity contribution in [1.29, 1.82) is 0 Å². The van der Waals surface area contributed by atoms with E-state index in [0.29, 0.717) is 0 Å². The molecule has 4 nitrogen and oxygen atoms in total. The molecule has 0 fully saturated rings. The van der Waals surface area contributed by atoms with Crippen molar-refractivity contribution in [1.82, 2.24) is 0 Å². The molecule has 1 rings (SSSR count). The van der Waals surface area contributed by atoms with E-state index in [2.05, 4.69) is 0 Å². The zero-order chi connectivity index (χ0) is 8.27. The summed E-state index contributed by atoms with van der Waals surface area (Å²) in [5.41, 5.74) is 0.0859. The molecule has 0 aliphatic rings. The monoisotopic (exact) mass is 170 g/mol. The molecule has 2 N–H and O–H groups in total. The fourth-order valence-corrected chi connectivity index (χ4v) is 0.940. The molecule has 0 aliphatic carbocycles. The van der Waals surface area contributed by atoms with Crippen molar-refractivity contribution in [3.8, 4) is 0 Å². The number of hydrogen-bond acceptors (Lipinski definition) is 4. The van der Waals surface area contributed by atoms with Gasteiger partial charge in [-0.1, -0.05) is 0 Å². The van der Waals surface area contributed by atoms with Gasteiger partial charge >= 0.3 is 0 Å². The standard InChI is InChI=1S/C6H6N2O2S/c7-11-6-3-1-5(2-4-6)8(9)10/h1-4H,7H2. The predicted molar refractivity (Wildman–Crippen MR) is 43.1 cm³/mol. The highest BCUT2D eigenvalue weighted by Gasteiger charge is 2.02. The van der Waals surface area contributed by atoms with Crippen LogP contribution < -0.4 is 5.14 Å². The van der Waals surface area contributed by atoms with Crippen LogP contribution in [-0.2, 0) is 0 Å². The minimum absolute atomic E-state index is 0.0859. The Bertz CT molecular complexity index is 260. The predicted octanol–water partition coefficient (Wildman–Crippen LogP) is 1.56. The van der Waals surface area contributed by atoms with Crippen LogP contribution in [0.15, 0.2) is 29.2 Å². The number of nitro benzene ring substituents is 1. The van der Waals surface area contributed by atoms with Crippen LogP contribution in [0.2, 0.25) is 0 Å². The molecule has 0 spiro atoms. The molecule has 0 bridgehead atoms. The van der Waals surface area contributed by atoms with Gasteiger partial charge in [0.2, 0.25) is 0 Å². The van der Waals surface area contributed by atoms with E-state index in [4.69, 9.17) is 5.14 Å². The first-order chi connectivity index (χ1) is 5.24. The van der Waals surface area contributed by atoms with Crippen molar-refractivity contribution in [2.24, 2.45) is 5.14 Å². The SMILES string of the molecule is NSc1ccc([N+](=O)[O-])cc1. The Morgan fingerprint density at radius 1 is 1.36 bits per heavy atom. The fourth-order valence-electron chi connectivity index (χ4n) is 0.646. The molecule has 1 aromatic rings. The lowest BCUT2D eigenvalue weighted by molar-refractivity contribution is -0.384. The number of rotatable bonds is 2. The Labute approximate surface area is 67.7 Å². The zero-order valence-electron chi connectivity index (χ0n) is 5.56. The van der Waals surface area contributed by atoms with Crippen molar-refractivity contribution in [2.45, 2.75) is 4.90 Å². The van der Waals surface area contributed by atoms with Crippen molar-refractivity contribution in [2.75, 3.05) is 0 Å². The Kier molecular flexibility index (Phi) is 2.45. The number of nitrogens with two attached hydrogens (primary N) is 1. The lowest BCUT2D eigenvalue weighted by atomic mass is 10.3. The van der Waals surface area contributed by atoms with Crippen molar-refractivity contribution < 1.29 is 4.92 Å². The lowest BCUT2D eigenvalue weighted by Gasteiger charge is -1.93. The van der Waals surface area contributed by atoms with E-state index in [1.54, 1.807) is 12.1 Å². The summed E-state index contributed by atoms with van der Waals surface area (Å²) in [6, 6.07) is 6.08. The van der Waals surface area contributed by atoms with Gasteiger partial charge in [-0.3, -0.25) is 15.3 Å². The molecule has 0 radical (unpaired) electrons.